The first kappa shape index (κ1) is 41.5. The second kappa shape index (κ2) is 20.3. The Labute approximate surface area is 318 Å². The standard InChI is InChI=1S/C37H50N12O6/c1-22(33(51)46-30(32(40)50)14-8-9-15-38)45-37(55)49(20-24-10-4-3-5-11-24)48-34(52)23(2)44-36(54)31(16-25-18-42-29-13-7-6-12-27(25)29)47-35(53)28(39)17-26-19-41-21-43-26/h3-7,10-13,18-19,21-23,28,30-31,42H,8-9,14-17,20,38-39H2,1-2H3,(H2,40,50)(H,41,43)(H,44,54)(H,45,55)(H,46,51)(H,47,53)(H,48,52)/t22-,23+,28?,30+,31-/m1/s1. The van der Waals surface area contributed by atoms with Gasteiger partial charge in [-0.25, -0.2) is 14.8 Å². The lowest BCUT2D eigenvalue weighted by atomic mass is 10.0. The fourth-order valence-corrected chi connectivity index (χ4v) is 5.68. The minimum Gasteiger partial charge on any atom is -0.368 e. The number of urea groups is 1. The summed E-state index contributed by atoms with van der Waals surface area (Å²) in [5.74, 6) is -3.41. The molecule has 55 heavy (non-hydrogen) atoms. The number of hydrogen-bond acceptors (Lipinski definition) is 9. The Morgan fingerprint density at radius 3 is 2.16 bits per heavy atom. The largest absolute Gasteiger partial charge is 0.368 e. The van der Waals surface area contributed by atoms with Gasteiger partial charge in [0.15, 0.2) is 0 Å². The number of imidazole rings is 1. The molecule has 0 radical (unpaired) electrons. The van der Waals surface area contributed by atoms with Crippen molar-refractivity contribution in [2.24, 2.45) is 17.2 Å². The van der Waals surface area contributed by atoms with Crippen molar-refractivity contribution in [3.8, 4) is 0 Å². The lowest BCUT2D eigenvalue weighted by Crippen LogP contribution is -2.60. The number of nitrogens with one attached hydrogen (secondary N) is 7. The molecule has 1 unspecified atom stereocenters. The lowest BCUT2D eigenvalue weighted by molar-refractivity contribution is -0.133. The molecule has 2 aromatic carbocycles. The number of amides is 7. The summed E-state index contributed by atoms with van der Waals surface area (Å²) < 4.78 is 0. The summed E-state index contributed by atoms with van der Waals surface area (Å²) in [5.41, 5.74) is 22.6. The highest BCUT2D eigenvalue weighted by molar-refractivity contribution is 5.95. The molecule has 18 heteroatoms. The normalized spacial score (nSPS) is 13.7. The second-order valence-corrected chi connectivity index (χ2v) is 13.2. The molecule has 2 aromatic heterocycles. The maximum atomic E-state index is 13.8. The number of primary amides is 1. The summed E-state index contributed by atoms with van der Waals surface area (Å²) in [6.07, 6.45) is 6.45. The van der Waals surface area contributed by atoms with E-state index in [0.29, 0.717) is 30.6 Å². The van der Waals surface area contributed by atoms with E-state index in [2.05, 4.69) is 41.6 Å². The van der Waals surface area contributed by atoms with E-state index in [1.165, 1.54) is 20.2 Å². The molecule has 0 saturated carbocycles. The number of benzene rings is 2. The predicted molar refractivity (Wildman–Crippen MR) is 204 cm³/mol. The summed E-state index contributed by atoms with van der Waals surface area (Å²) in [7, 11) is 0. The molecular weight excluding hydrogens is 708 g/mol. The highest BCUT2D eigenvalue weighted by Crippen LogP contribution is 2.19. The van der Waals surface area contributed by atoms with Gasteiger partial charge < -0.3 is 48.4 Å². The zero-order chi connectivity index (χ0) is 39.9. The predicted octanol–water partition coefficient (Wildman–Crippen LogP) is -0.276. The number of aromatic nitrogens is 3. The van der Waals surface area contributed by atoms with Crippen LogP contribution in [0.3, 0.4) is 0 Å². The third-order valence-corrected chi connectivity index (χ3v) is 8.83. The lowest BCUT2D eigenvalue weighted by Gasteiger charge is -2.28. The molecule has 18 nitrogen and oxygen atoms in total. The van der Waals surface area contributed by atoms with Crippen molar-refractivity contribution in [3.05, 3.63) is 90.1 Å². The molecular formula is C37H50N12O6. The molecule has 4 aromatic rings. The number of carbonyl (C=O) groups is 6. The Hall–Kier alpha value is -6.27. The number of H-pyrrole nitrogens is 2. The number of carbonyl (C=O) groups excluding carboxylic acids is 6. The number of unbranched alkanes of at least 4 members (excludes halogenated alkanes) is 1. The third-order valence-electron chi connectivity index (χ3n) is 8.83. The van der Waals surface area contributed by atoms with Crippen LogP contribution in [0.25, 0.3) is 10.9 Å². The van der Waals surface area contributed by atoms with E-state index in [-0.39, 0.29) is 25.8 Å². The molecule has 0 aliphatic carbocycles. The van der Waals surface area contributed by atoms with Crippen molar-refractivity contribution < 1.29 is 28.8 Å². The molecule has 5 atom stereocenters. The van der Waals surface area contributed by atoms with E-state index in [9.17, 15) is 28.8 Å². The fourth-order valence-electron chi connectivity index (χ4n) is 5.68. The first-order chi connectivity index (χ1) is 26.4. The van der Waals surface area contributed by atoms with Crippen LogP contribution >= 0.6 is 0 Å². The van der Waals surface area contributed by atoms with Gasteiger partial charge in [-0.05, 0) is 56.8 Å². The van der Waals surface area contributed by atoms with Crippen LogP contribution in [0.2, 0.25) is 0 Å². The summed E-state index contributed by atoms with van der Waals surface area (Å²) in [6, 6.07) is 9.97. The first-order valence-corrected chi connectivity index (χ1v) is 18.0. The monoisotopic (exact) mass is 758 g/mol. The van der Waals surface area contributed by atoms with Crippen LogP contribution in [0.15, 0.2) is 73.3 Å². The van der Waals surface area contributed by atoms with Gasteiger partial charge in [-0.15, -0.1) is 0 Å². The van der Waals surface area contributed by atoms with Gasteiger partial charge >= 0.3 is 6.03 Å². The number of fused-ring (bicyclic) bond motifs is 1. The van der Waals surface area contributed by atoms with E-state index < -0.39 is 65.8 Å². The van der Waals surface area contributed by atoms with Crippen LogP contribution in [0.5, 0.6) is 0 Å². The van der Waals surface area contributed by atoms with Gasteiger partial charge in [0, 0.05) is 41.8 Å². The maximum absolute atomic E-state index is 13.8. The van der Waals surface area contributed by atoms with Crippen LogP contribution in [0, 0.1) is 0 Å². The van der Waals surface area contributed by atoms with Crippen LogP contribution < -0.4 is 43.9 Å². The minimum atomic E-state index is -1.20. The number of nitrogens with zero attached hydrogens (tertiary/aromatic N) is 2. The molecule has 0 fully saturated rings. The Kier molecular flexibility index (Phi) is 15.3. The number of rotatable bonds is 19. The minimum absolute atomic E-state index is 0.0683. The zero-order valence-electron chi connectivity index (χ0n) is 30.8. The van der Waals surface area contributed by atoms with Gasteiger partial charge in [-0.3, -0.25) is 29.4 Å². The Morgan fingerprint density at radius 1 is 0.782 bits per heavy atom. The Morgan fingerprint density at radius 2 is 1.47 bits per heavy atom. The summed E-state index contributed by atoms with van der Waals surface area (Å²) in [5, 5.41) is 12.3. The molecule has 2 heterocycles. The van der Waals surface area contributed by atoms with Crippen molar-refractivity contribution in [2.45, 2.75) is 82.7 Å². The number of aromatic amines is 2. The zero-order valence-corrected chi connectivity index (χ0v) is 30.8. The molecule has 0 aliphatic heterocycles. The molecule has 4 rings (SSSR count). The van der Waals surface area contributed by atoms with Crippen LogP contribution in [-0.2, 0) is 43.4 Å². The van der Waals surface area contributed by atoms with Crippen molar-refractivity contribution >= 4 is 46.5 Å². The maximum Gasteiger partial charge on any atom is 0.337 e. The molecule has 7 amide bonds. The van der Waals surface area contributed by atoms with E-state index in [4.69, 9.17) is 17.2 Å². The van der Waals surface area contributed by atoms with Crippen molar-refractivity contribution in [1.82, 2.24) is 46.7 Å². The van der Waals surface area contributed by atoms with Gasteiger partial charge in [-0.1, -0.05) is 48.5 Å². The topological polar surface area (TPSA) is 288 Å². The molecule has 0 aliphatic rings. The highest BCUT2D eigenvalue weighted by atomic mass is 16.2. The van der Waals surface area contributed by atoms with Crippen LogP contribution in [-0.4, -0.2) is 92.3 Å². The molecule has 13 N–H and O–H groups in total. The number of para-hydroxylation sites is 1. The van der Waals surface area contributed by atoms with Crippen molar-refractivity contribution in [3.63, 3.8) is 0 Å². The second-order valence-electron chi connectivity index (χ2n) is 13.2. The average Bonchev–Trinajstić information content (AvgIpc) is 3.84. The number of hydrogen-bond donors (Lipinski definition) is 10. The molecule has 0 saturated heterocycles. The Balaban J connectivity index is 1.45. The smallest absolute Gasteiger partial charge is 0.337 e. The van der Waals surface area contributed by atoms with E-state index >= 15 is 0 Å². The third kappa shape index (κ3) is 12.4. The van der Waals surface area contributed by atoms with Gasteiger partial charge in [-0.2, -0.15) is 0 Å². The van der Waals surface area contributed by atoms with Gasteiger partial charge in [0.2, 0.25) is 23.6 Å². The van der Waals surface area contributed by atoms with Crippen molar-refractivity contribution in [1.29, 1.82) is 0 Å². The van der Waals surface area contributed by atoms with Gasteiger partial charge in [0.1, 0.15) is 24.2 Å². The Bertz CT molecular complexity index is 1900. The van der Waals surface area contributed by atoms with E-state index in [0.717, 1.165) is 21.5 Å². The summed E-state index contributed by atoms with van der Waals surface area (Å²) >= 11 is 0. The molecule has 294 valence electrons. The van der Waals surface area contributed by atoms with E-state index in [1.54, 1.807) is 42.7 Å². The van der Waals surface area contributed by atoms with Gasteiger partial charge in [0.05, 0.1) is 18.9 Å². The van der Waals surface area contributed by atoms with Crippen LogP contribution in [0.4, 0.5) is 4.79 Å². The number of hydrazine groups is 1. The first-order valence-electron chi connectivity index (χ1n) is 18.0. The van der Waals surface area contributed by atoms with Crippen molar-refractivity contribution in [2.75, 3.05) is 6.54 Å². The quantitative estimate of drug-likeness (QED) is 0.0444. The summed E-state index contributed by atoms with van der Waals surface area (Å²) in [6.45, 7) is 3.15. The summed E-state index contributed by atoms with van der Waals surface area (Å²) in [4.78, 5) is 89.0. The van der Waals surface area contributed by atoms with Crippen LogP contribution in [0.1, 0.15) is 49.9 Å². The van der Waals surface area contributed by atoms with Gasteiger partial charge in [0.25, 0.3) is 5.91 Å². The SMILES string of the molecule is C[C@H](NC(=O)[C@@H](Cc1c[nH]c2ccccc12)NC(=O)C(N)Cc1cnc[nH]1)C(=O)NN(Cc1ccccc1)C(=O)N[C@H](C)C(=O)N[C@@H](CCCCN)C(N)=O. The highest BCUT2D eigenvalue weighted by Gasteiger charge is 2.30. The molecule has 0 spiro atoms. The fraction of sp³-hybridized carbons (Fsp3) is 0.378. The van der Waals surface area contributed by atoms with E-state index in [1.807, 2.05) is 24.3 Å². The molecule has 0 bridgehead atoms. The average molecular weight is 759 g/mol. The number of nitrogens with two attached hydrogens (primary N) is 3.